The quantitative estimate of drug-likeness (QED) is 0.607. The standard InChI is InChI=1S/C11H6BrFN2O3/c12-7-4-5(1-2-8(7)13)3-6-9(16)14-11(18)15-10(6)17/h1-4H,(H2,14,15,16,17,18). The average Bonchev–Trinajstić information content (AvgIpc) is 2.28. The summed E-state index contributed by atoms with van der Waals surface area (Å²) >= 11 is 2.99. The molecule has 18 heavy (non-hydrogen) atoms. The van der Waals surface area contributed by atoms with E-state index in [2.05, 4.69) is 15.9 Å². The largest absolute Gasteiger partial charge is 0.328 e. The number of halogens is 2. The van der Waals surface area contributed by atoms with Crippen LogP contribution in [-0.2, 0) is 9.59 Å². The number of benzene rings is 1. The van der Waals surface area contributed by atoms with Gasteiger partial charge in [0, 0.05) is 0 Å². The van der Waals surface area contributed by atoms with Gasteiger partial charge >= 0.3 is 6.03 Å². The molecule has 2 rings (SSSR count). The minimum Gasteiger partial charge on any atom is -0.273 e. The summed E-state index contributed by atoms with van der Waals surface area (Å²) in [5.41, 5.74) is 0.242. The van der Waals surface area contributed by atoms with Crippen molar-refractivity contribution in [3.05, 3.63) is 39.6 Å². The minimum atomic E-state index is -0.859. The number of barbiturate groups is 1. The molecule has 7 heteroatoms. The van der Waals surface area contributed by atoms with Crippen LogP contribution in [0.15, 0.2) is 28.2 Å². The monoisotopic (exact) mass is 312 g/mol. The molecule has 4 amide bonds. The van der Waals surface area contributed by atoms with Gasteiger partial charge in [0.05, 0.1) is 4.47 Å². The van der Waals surface area contributed by atoms with Crippen LogP contribution in [0.2, 0.25) is 0 Å². The molecular formula is C11H6BrFN2O3. The van der Waals surface area contributed by atoms with Crippen LogP contribution in [-0.4, -0.2) is 17.8 Å². The van der Waals surface area contributed by atoms with Crippen LogP contribution in [0, 0.1) is 5.82 Å². The first-order valence-electron chi connectivity index (χ1n) is 4.81. The predicted octanol–water partition coefficient (Wildman–Crippen LogP) is 1.34. The van der Waals surface area contributed by atoms with Crippen LogP contribution >= 0.6 is 15.9 Å². The van der Waals surface area contributed by atoms with E-state index in [1.165, 1.54) is 24.3 Å². The van der Waals surface area contributed by atoms with Crippen molar-refractivity contribution in [2.75, 3.05) is 0 Å². The van der Waals surface area contributed by atoms with Gasteiger partial charge in [0.2, 0.25) is 0 Å². The summed E-state index contributed by atoms with van der Waals surface area (Å²) in [5.74, 6) is -2.03. The second-order valence-corrected chi connectivity index (χ2v) is 4.32. The third-order valence-electron chi connectivity index (χ3n) is 2.20. The lowest BCUT2D eigenvalue weighted by Gasteiger charge is -2.13. The van der Waals surface area contributed by atoms with Crippen LogP contribution < -0.4 is 10.6 Å². The second-order valence-electron chi connectivity index (χ2n) is 3.47. The highest BCUT2D eigenvalue weighted by Crippen LogP contribution is 2.19. The molecule has 0 spiro atoms. The zero-order chi connectivity index (χ0) is 13.3. The van der Waals surface area contributed by atoms with Crippen LogP contribution in [0.3, 0.4) is 0 Å². The fourth-order valence-electron chi connectivity index (χ4n) is 1.38. The van der Waals surface area contributed by atoms with Crippen molar-refractivity contribution in [3.63, 3.8) is 0 Å². The summed E-state index contributed by atoms with van der Waals surface area (Å²) < 4.78 is 13.2. The summed E-state index contributed by atoms with van der Waals surface area (Å²) in [7, 11) is 0. The Kier molecular flexibility index (Phi) is 3.24. The van der Waals surface area contributed by atoms with Crippen molar-refractivity contribution < 1.29 is 18.8 Å². The molecule has 0 aromatic heterocycles. The third-order valence-corrected chi connectivity index (χ3v) is 2.81. The van der Waals surface area contributed by atoms with Gasteiger partial charge in [0.25, 0.3) is 11.8 Å². The Morgan fingerprint density at radius 3 is 2.28 bits per heavy atom. The lowest BCUT2D eigenvalue weighted by Crippen LogP contribution is -2.51. The van der Waals surface area contributed by atoms with Gasteiger partial charge in [0.1, 0.15) is 11.4 Å². The summed E-state index contributed by atoms with van der Waals surface area (Å²) in [6.45, 7) is 0. The van der Waals surface area contributed by atoms with Gasteiger partial charge in [-0.05, 0) is 39.7 Å². The van der Waals surface area contributed by atoms with Crippen molar-refractivity contribution in [3.8, 4) is 0 Å². The van der Waals surface area contributed by atoms with E-state index in [1.807, 2.05) is 10.6 Å². The maximum absolute atomic E-state index is 13.0. The molecule has 1 saturated heterocycles. The van der Waals surface area contributed by atoms with Gasteiger partial charge in [0.15, 0.2) is 0 Å². The number of imide groups is 2. The molecule has 0 bridgehead atoms. The summed E-state index contributed by atoms with van der Waals surface area (Å²) in [5, 5.41) is 3.88. The molecule has 0 atom stereocenters. The zero-order valence-corrected chi connectivity index (χ0v) is 10.4. The average molecular weight is 313 g/mol. The van der Waals surface area contributed by atoms with Crippen LogP contribution in [0.5, 0.6) is 0 Å². The Balaban J connectivity index is 2.37. The maximum Gasteiger partial charge on any atom is 0.328 e. The number of carbonyl (C=O) groups is 3. The van der Waals surface area contributed by atoms with Gasteiger partial charge in [-0.2, -0.15) is 0 Å². The lowest BCUT2D eigenvalue weighted by atomic mass is 10.1. The van der Waals surface area contributed by atoms with Gasteiger partial charge in [-0.3, -0.25) is 20.2 Å². The second kappa shape index (κ2) is 4.69. The van der Waals surface area contributed by atoms with E-state index in [0.29, 0.717) is 5.56 Å². The molecule has 1 aliphatic heterocycles. The number of hydrogen-bond acceptors (Lipinski definition) is 3. The number of hydrogen-bond donors (Lipinski definition) is 2. The van der Waals surface area contributed by atoms with Crippen molar-refractivity contribution in [2.24, 2.45) is 0 Å². The van der Waals surface area contributed by atoms with Crippen molar-refractivity contribution in [1.29, 1.82) is 0 Å². The smallest absolute Gasteiger partial charge is 0.273 e. The van der Waals surface area contributed by atoms with Crippen molar-refractivity contribution in [1.82, 2.24) is 10.6 Å². The molecule has 2 N–H and O–H groups in total. The molecule has 0 aliphatic carbocycles. The summed E-state index contributed by atoms with van der Waals surface area (Å²) in [4.78, 5) is 33.7. The van der Waals surface area contributed by atoms with Crippen LogP contribution in [0.25, 0.3) is 6.08 Å². The van der Waals surface area contributed by atoms with Crippen LogP contribution in [0.4, 0.5) is 9.18 Å². The highest BCUT2D eigenvalue weighted by atomic mass is 79.9. The minimum absolute atomic E-state index is 0.213. The third kappa shape index (κ3) is 2.45. The van der Waals surface area contributed by atoms with E-state index in [-0.39, 0.29) is 10.0 Å². The SMILES string of the molecule is O=C1NC(=O)C(=Cc2ccc(F)c(Br)c2)C(=O)N1. The molecule has 5 nitrogen and oxygen atoms in total. The number of carbonyl (C=O) groups excluding carboxylic acids is 3. The molecule has 1 fully saturated rings. The van der Waals surface area contributed by atoms with Crippen molar-refractivity contribution >= 4 is 39.9 Å². The molecule has 1 aromatic carbocycles. The van der Waals surface area contributed by atoms with E-state index >= 15 is 0 Å². The topological polar surface area (TPSA) is 75.3 Å². The lowest BCUT2D eigenvalue weighted by molar-refractivity contribution is -0.123. The van der Waals surface area contributed by atoms with E-state index in [1.54, 1.807) is 0 Å². The fraction of sp³-hybridized carbons (Fsp3) is 0. The Morgan fingerprint density at radius 1 is 1.11 bits per heavy atom. The Bertz CT molecular complexity index is 576. The highest BCUT2D eigenvalue weighted by molar-refractivity contribution is 9.10. The number of amides is 4. The maximum atomic E-state index is 13.0. The Morgan fingerprint density at radius 2 is 1.72 bits per heavy atom. The van der Waals surface area contributed by atoms with Crippen molar-refractivity contribution in [2.45, 2.75) is 0 Å². The van der Waals surface area contributed by atoms with Gasteiger partial charge in [-0.25, -0.2) is 9.18 Å². The first-order valence-corrected chi connectivity index (χ1v) is 5.60. The normalized spacial score (nSPS) is 15.2. The first-order chi connectivity index (χ1) is 8.47. The van der Waals surface area contributed by atoms with E-state index in [4.69, 9.17) is 0 Å². The molecule has 0 radical (unpaired) electrons. The molecule has 92 valence electrons. The highest BCUT2D eigenvalue weighted by Gasteiger charge is 2.27. The number of nitrogens with one attached hydrogen (secondary N) is 2. The van der Waals surface area contributed by atoms with Gasteiger partial charge in [-0.1, -0.05) is 6.07 Å². The Hall–Kier alpha value is -2.02. The number of rotatable bonds is 1. The van der Waals surface area contributed by atoms with E-state index < -0.39 is 23.7 Å². The van der Waals surface area contributed by atoms with Gasteiger partial charge < -0.3 is 0 Å². The fourth-order valence-corrected chi connectivity index (χ4v) is 1.77. The first kappa shape index (κ1) is 12.4. The zero-order valence-electron chi connectivity index (χ0n) is 8.79. The van der Waals surface area contributed by atoms with E-state index in [9.17, 15) is 18.8 Å². The summed E-state index contributed by atoms with van der Waals surface area (Å²) in [6, 6.07) is 3.16. The van der Waals surface area contributed by atoms with Gasteiger partial charge in [-0.15, -0.1) is 0 Å². The van der Waals surface area contributed by atoms with E-state index in [0.717, 1.165) is 0 Å². The molecule has 1 heterocycles. The molecule has 0 unspecified atom stereocenters. The Labute approximate surface area is 109 Å². The summed E-state index contributed by atoms with van der Waals surface area (Å²) in [6.07, 6.45) is 1.27. The molecular weight excluding hydrogens is 307 g/mol. The molecule has 1 aliphatic rings. The molecule has 1 aromatic rings. The predicted molar refractivity (Wildman–Crippen MR) is 63.8 cm³/mol. The molecule has 0 saturated carbocycles. The number of urea groups is 1. The van der Waals surface area contributed by atoms with Crippen LogP contribution in [0.1, 0.15) is 5.56 Å².